The molecule has 4 heteroatoms. The van der Waals surface area contributed by atoms with Crippen LogP contribution in [0.1, 0.15) is 11.1 Å². The first-order valence-corrected chi connectivity index (χ1v) is 7.87. The standard InChI is InChI=1S/C20H20N2O2/c1-15-6-8-17(9-7-15)21(23)18-10-12-19(13-11-18)22(24)20-5-3-4-16(2)14-20/h3-14,21-22H,1-2H3. The Morgan fingerprint density at radius 3 is 1.50 bits per heavy atom. The Bertz CT molecular complexity index is 814. The smallest absolute Gasteiger partial charge is 0.136 e. The molecule has 2 atom stereocenters. The van der Waals surface area contributed by atoms with E-state index < -0.39 is 0 Å². The van der Waals surface area contributed by atoms with Crippen LogP contribution >= 0.6 is 0 Å². The molecule has 0 saturated carbocycles. The average Bonchev–Trinajstić information content (AvgIpc) is 2.61. The Hall–Kier alpha value is -2.50. The van der Waals surface area contributed by atoms with E-state index in [-0.39, 0.29) is 10.1 Å². The highest BCUT2D eigenvalue weighted by molar-refractivity contribution is 5.46. The molecule has 3 aromatic carbocycles. The number of benzene rings is 3. The van der Waals surface area contributed by atoms with Crippen LogP contribution in [0.15, 0.2) is 72.8 Å². The van der Waals surface area contributed by atoms with Gasteiger partial charge in [0.15, 0.2) is 0 Å². The Kier molecular flexibility index (Phi) is 4.74. The molecule has 24 heavy (non-hydrogen) atoms. The fourth-order valence-corrected chi connectivity index (χ4v) is 2.60. The van der Waals surface area contributed by atoms with Gasteiger partial charge in [-0.1, -0.05) is 29.8 Å². The highest BCUT2D eigenvalue weighted by Crippen LogP contribution is 2.14. The van der Waals surface area contributed by atoms with Crippen LogP contribution in [0.2, 0.25) is 0 Å². The zero-order valence-electron chi connectivity index (χ0n) is 13.7. The summed E-state index contributed by atoms with van der Waals surface area (Å²) in [6.45, 7) is 3.94. The van der Waals surface area contributed by atoms with Crippen molar-refractivity contribution in [3.05, 3.63) is 94.3 Å². The Morgan fingerprint density at radius 1 is 0.542 bits per heavy atom. The minimum Gasteiger partial charge on any atom is -0.623 e. The Balaban J connectivity index is 1.81. The lowest BCUT2D eigenvalue weighted by Crippen LogP contribution is -2.97. The zero-order chi connectivity index (χ0) is 17.1. The molecule has 0 radical (unpaired) electrons. The van der Waals surface area contributed by atoms with Crippen molar-refractivity contribution in [2.45, 2.75) is 13.8 Å². The molecule has 0 aromatic heterocycles. The van der Waals surface area contributed by atoms with Crippen molar-refractivity contribution in [2.24, 2.45) is 0 Å². The van der Waals surface area contributed by atoms with Crippen LogP contribution in [0.3, 0.4) is 0 Å². The van der Waals surface area contributed by atoms with Crippen molar-refractivity contribution in [3.8, 4) is 0 Å². The van der Waals surface area contributed by atoms with Crippen molar-refractivity contribution < 1.29 is 10.1 Å². The van der Waals surface area contributed by atoms with Crippen LogP contribution in [0.25, 0.3) is 0 Å². The first-order valence-electron chi connectivity index (χ1n) is 7.87. The van der Waals surface area contributed by atoms with Crippen LogP contribution < -0.4 is 10.1 Å². The van der Waals surface area contributed by atoms with Gasteiger partial charge in [-0.15, -0.1) is 0 Å². The molecule has 2 unspecified atom stereocenters. The van der Waals surface area contributed by atoms with E-state index in [2.05, 4.69) is 0 Å². The molecule has 0 heterocycles. The van der Waals surface area contributed by atoms with E-state index in [4.69, 9.17) is 0 Å². The lowest BCUT2D eigenvalue weighted by Gasteiger charge is -2.24. The summed E-state index contributed by atoms with van der Waals surface area (Å²) >= 11 is 0. The summed E-state index contributed by atoms with van der Waals surface area (Å²) in [5, 5.41) is 24.9. The third kappa shape index (κ3) is 3.53. The summed E-state index contributed by atoms with van der Waals surface area (Å²) in [5.41, 5.74) is 4.64. The van der Waals surface area contributed by atoms with Gasteiger partial charge in [-0.2, -0.15) is 0 Å². The number of nitrogens with one attached hydrogen (secondary N) is 2. The van der Waals surface area contributed by atoms with E-state index in [0.717, 1.165) is 11.1 Å². The largest absolute Gasteiger partial charge is 0.623 e. The van der Waals surface area contributed by atoms with Gasteiger partial charge in [0.2, 0.25) is 0 Å². The summed E-state index contributed by atoms with van der Waals surface area (Å²) in [6.07, 6.45) is 0. The number of aryl methyl sites for hydroxylation is 2. The van der Waals surface area contributed by atoms with Gasteiger partial charge >= 0.3 is 0 Å². The SMILES string of the molecule is Cc1ccc([NH+]([O-])c2ccc([NH+]([O-])c3cccc(C)c3)cc2)cc1. The Labute approximate surface area is 141 Å². The molecule has 3 aromatic rings. The summed E-state index contributed by atoms with van der Waals surface area (Å²) in [6, 6.07) is 21.8. The monoisotopic (exact) mass is 320 g/mol. The van der Waals surface area contributed by atoms with Crippen LogP contribution in [0.5, 0.6) is 0 Å². The van der Waals surface area contributed by atoms with Gasteiger partial charge in [-0.05, 0) is 25.5 Å². The van der Waals surface area contributed by atoms with E-state index in [1.165, 1.54) is 0 Å². The maximum Gasteiger partial charge on any atom is 0.136 e. The second-order valence-electron chi connectivity index (χ2n) is 5.97. The topological polar surface area (TPSA) is 55.0 Å². The fourth-order valence-electron chi connectivity index (χ4n) is 2.60. The molecule has 3 rings (SSSR count). The summed E-state index contributed by atoms with van der Waals surface area (Å²) in [5.74, 6) is 0. The van der Waals surface area contributed by atoms with E-state index in [1.807, 2.05) is 56.3 Å². The first kappa shape index (κ1) is 16.4. The number of rotatable bonds is 4. The predicted octanol–water partition coefficient (Wildman–Crippen LogP) is 3.00. The summed E-state index contributed by atoms with van der Waals surface area (Å²) < 4.78 is 0. The minimum atomic E-state index is -0.0374. The minimum absolute atomic E-state index is 0.0342. The molecule has 2 N–H and O–H groups in total. The van der Waals surface area contributed by atoms with Gasteiger partial charge in [0.25, 0.3) is 0 Å². The number of hydrogen-bond acceptors (Lipinski definition) is 2. The van der Waals surface area contributed by atoms with Crippen LogP contribution in [0.4, 0.5) is 22.7 Å². The van der Waals surface area contributed by atoms with E-state index in [9.17, 15) is 10.4 Å². The normalized spacial score (nSPS) is 13.5. The predicted molar refractivity (Wildman–Crippen MR) is 96.1 cm³/mol. The van der Waals surface area contributed by atoms with Crippen molar-refractivity contribution >= 4 is 22.7 Å². The molecule has 0 fully saturated rings. The third-order valence-electron chi connectivity index (χ3n) is 4.00. The van der Waals surface area contributed by atoms with Crippen LogP contribution in [0, 0.1) is 24.3 Å². The van der Waals surface area contributed by atoms with Crippen molar-refractivity contribution in [2.75, 3.05) is 0 Å². The van der Waals surface area contributed by atoms with Crippen LogP contribution in [-0.2, 0) is 0 Å². The average molecular weight is 320 g/mol. The molecular formula is C20H20N2O2. The van der Waals surface area contributed by atoms with Gasteiger partial charge in [-0.25, -0.2) is 0 Å². The lowest BCUT2D eigenvalue weighted by atomic mass is 10.2. The van der Waals surface area contributed by atoms with Gasteiger partial charge in [0.1, 0.15) is 22.7 Å². The molecule has 0 amide bonds. The number of hydrogen-bond donors (Lipinski definition) is 2. The van der Waals surface area contributed by atoms with E-state index in [0.29, 0.717) is 22.7 Å². The second kappa shape index (κ2) is 6.95. The maximum atomic E-state index is 12.5. The lowest BCUT2D eigenvalue weighted by molar-refractivity contribution is -0.701. The number of quaternary nitrogens is 2. The third-order valence-corrected chi connectivity index (χ3v) is 4.00. The maximum absolute atomic E-state index is 12.5. The molecule has 0 aliphatic carbocycles. The van der Waals surface area contributed by atoms with Gasteiger partial charge in [0.05, 0.1) is 0 Å². The summed E-state index contributed by atoms with van der Waals surface area (Å²) in [4.78, 5) is 0. The fraction of sp³-hybridized carbons (Fsp3) is 0.100. The molecule has 0 aliphatic rings. The molecule has 0 spiro atoms. The van der Waals surface area contributed by atoms with E-state index in [1.54, 1.807) is 30.3 Å². The van der Waals surface area contributed by atoms with Crippen molar-refractivity contribution in [3.63, 3.8) is 0 Å². The quantitative estimate of drug-likeness (QED) is 0.726. The highest BCUT2D eigenvalue weighted by atomic mass is 16.5. The van der Waals surface area contributed by atoms with E-state index >= 15 is 0 Å². The molecule has 4 nitrogen and oxygen atoms in total. The first-order chi connectivity index (χ1) is 11.5. The molecule has 0 saturated heterocycles. The Morgan fingerprint density at radius 2 is 1.00 bits per heavy atom. The van der Waals surface area contributed by atoms with Gasteiger partial charge in [0, 0.05) is 42.5 Å². The van der Waals surface area contributed by atoms with Gasteiger partial charge in [-0.3, -0.25) is 0 Å². The van der Waals surface area contributed by atoms with Gasteiger partial charge < -0.3 is 20.5 Å². The summed E-state index contributed by atoms with van der Waals surface area (Å²) in [7, 11) is 0. The second-order valence-corrected chi connectivity index (χ2v) is 5.97. The zero-order valence-corrected chi connectivity index (χ0v) is 13.7. The van der Waals surface area contributed by atoms with Crippen LogP contribution in [-0.4, -0.2) is 0 Å². The molecule has 122 valence electrons. The molecule has 0 aliphatic heterocycles. The highest BCUT2D eigenvalue weighted by Gasteiger charge is 2.10. The molecular weight excluding hydrogens is 300 g/mol. The van der Waals surface area contributed by atoms with Crippen molar-refractivity contribution in [1.29, 1.82) is 0 Å². The molecule has 0 bridgehead atoms. The van der Waals surface area contributed by atoms with Crippen molar-refractivity contribution in [1.82, 2.24) is 0 Å².